The third-order valence-corrected chi connectivity index (χ3v) is 8.61. The molecule has 2 aliphatic rings. The van der Waals surface area contributed by atoms with Crippen molar-refractivity contribution in [2.75, 3.05) is 46.4 Å². The van der Waals surface area contributed by atoms with Gasteiger partial charge in [-0.3, -0.25) is 9.69 Å². The van der Waals surface area contributed by atoms with Gasteiger partial charge in [-0.1, -0.05) is 60.7 Å². The summed E-state index contributed by atoms with van der Waals surface area (Å²) < 4.78 is 6.04. The van der Waals surface area contributed by atoms with Crippen molar-refractivity contribution in [2.45, 2.75) is 59.5 Å². The first-order valence-electron chi connectivity index (χ1n) is 16.7. The minimum absolute atomic E-state index is 0.0976. The van der Waals surface area contributed by atoms with Crippen LogP contribution < -0.4 is 4.74 Å². The van der Waals surface area contributed by atoms with Crippen LogP contribution in [-0.4, -0.2) is 73.0 Å². The van der Waals surface area contributed by atoms with Crippen molar-refractivity contribution in [1.29, 1.82) is 0 Å². The Kier molecular flexibility index (Phi) is 11.4. The summed E-state index contributed by atoms with van der Waals surface area (Å²) in [5.74, 6) is 0.684. The Balaban J connectivity index is 1.01. The van der Waals surface area contributed by atoms with Crippen LogP contribution in [0.5, 0.6) is 5.75 Å². The highest BCUT2D eigenvalue weighted by atomic mass is 16.7. The average Bonchev–Trinajstić information content (AvgIpc) is 3.34. The molecule has 0 amide bonds. The number of Topliss-reactive ketones (excluding diaryl/α,β-unsaturated/α-hetero) is 1. The Bertz CT molecular complexity index is 1490. The van der Waals surface area contributed by atoms with Crippen molar-refractivity contribution in [3.63, 3.8) is 0 Å². The zero-order valence-electron chi connectivity index (χ0n) is 28.0. The molecule has 7 nitrogen and oxygen atoms in total. The lowest BCUT2D eigenvalue weighted by Crippen LogP contribution is -2.48. The van der Waals surface area contributed by atoms with E-state index in [-0.39, 0.29) is 11.8 Å². The van der Waals surface area contributed by atoms with Gasteiger partial charge < -0.3 is 14.5 Å². The molecule has 0 aromatic heterocycles. The van der Waals surface area contributed by atoms with Gasteiger partial charge in [-0.25, -0.2) is 4.79 Å². The molecule has 1 fully saturated rings. The lowest BCUT2D eigenvalue weighted by molar-refractivity contribution is -0.206. The molecule has 0 saturated carbocycles. The lowest BCUT2D eigenvalue weighted by Gasteiger charge is -2.34. The quantitative estimate of drug-likeness (QED) is 0.153. The van der Waals surface area contributed by atoms with Crippen LogP contribution in [-0.2, 0) is 29.1 Å². The molecule has 1 aliphatic carbocycles. The molecule has 0 N–H and O–H groups in total. The van der Waals surface area contributed by atoms with Crippen LogP contribution in [0.4, 0.5) is 0 Å². The summed E-state index contributed by atoms with van der Waals surface area (Å²) in [5, 5.41) is 1.79. The Morgan fingerprint density at radius 3 is 2.26 bits per heavy atom. The van der Waals surface area contributed by atoms with Crippen molar-refractivity contribution >= 4 is 17.8 Å². The van der Waals surface area contributed by atoms with Gasteiger partial charge in [-0.05, 0) is 94.1 Å². The van der Waals surface area contributed by atoms with E-state index in [1.165, 1.54) is 11.1 Å². The van der Waals surface area contributed by atoms with E-state index < -0.39 is 5.41 Å². The normalized spacial score (nSPS) is 16.6. The van der Waals surface area contributed by atoms with E-state index in [9.17, 15) is 9.59 Å². The Labute approximate surface area is 274 Å². The average molecular weight is 624 g/mol. The van der Waals surface area contributed by atoms with Gasteiger partial charge in [0.15, 0.2) is 5.78 Å². The minimum atomic E-state index is -0.483. The number of fused-ring (bicyclic) bond motifs is 1. The number of carbonyl (C=O) groups excluding carboxylic acids is 2. The van der Waals surface area contributed by atoms with Crippen LogP contribution in [0.3, 0.4) is 0 Å². The number of hydrogen-bond donors (Lipinski definition) is 0. The van der Waals surface area contributed by atoms with E-state index in [1.54, 1.807) is 5.06 Å². The van der Waals surface area contributed by atoms with Gasteiger partial charge in [0.25, 0.3) is 0 Å². The maximum atomic E-state index is 13.3. The van der Waals surface area contributed by atoms with Crippen LogP contribution in [0.15, 0.2) is 78.4 Å². The van der Waals surface area contributed by atoms with E-state index in [4.69, 9.17) is 9.57 Å². The molecule has 1 heterocycles. The molecule has 0 spiro atoms. The minimum Gasteiger partial charge on any atom is -0.494 e. The first-order chi connectivity index (χ1) is 22.1. The smallest absolute Gasteiger partial charge is 0.330 e. The van der Waals surface area contributed by atoms with Crippen molar-refractivity contribution < 1.29 is 19.2 Å². The number of ether oxygens (including phenoxy) is 1. The molecule has 3 aromatic rings. The predicted octanol–water partition coefficient (Wildman–Crippen LogP) is 6.81. The number of nitrogens with zero attached hydrogens (tertiary/aromatic N) is 3. The van der Waals surface area contributed by atoms with Crippen LogP contribution in [0.25, 0.3) is 6.08 Å². The second-order valence-corrected chi connectivity index (χ2v) is 13.7. The summed E-state index contributed by atoms with van der Waals surface area (Å²) in [6, 6.07) is 25.0. The number of carbonyl (C=O) groups is 2. The van der Waals surface area contributed by atoms with Crippen LogP contribution in [0.1, 0.15) is 72.6 Å². The fourth-order valence-corrected chi connectivity index (χ4v) is 5.87. The first-order valence-corrected chi connectivity index (χ1v) is 16.7. The van der Waals surface area contributed by atoms with Gasteiger partial charge in [0, 0.05) is 56.8 Å². The van der Waals surface area contributed by atoms with Crippen molar-refractivity contribution in [1.82, 2.24) is 14.9 Å². The van der Waals surface area contributed by atoms with E-state index >= 15 is 0 Å². The number of hydrogen-bond acceptors (Lipinski definition) is 7. The number of allylic oxidation sites excluding steroid dienone is 1. The van der Waals surface area contributed by atoms with Gasteiger partial charge in [0.1, 0.15) is 5.75 Å². The highest BCUT2D eigenvalue weighted by molar-refractivity contribution is 6.15. The van der Waals surface area contributed by atoms with Gasteiger partial charge in [0.2, 0.25) is 0 Å². The van der Waals surface area contributed by atoms with Gasteiger partial charge in [-0.15, -0.1) is 5.06 Å². The number of piperazine rings is 1. The summed E-state index contributed by atoms with van der Waals surface area (Å²) in [6.45, 7) is 12.4. The molecule has 0 bridgehead atoms. The fourth-order valence-electron chi connectivity index (χ4n) is 5.87. The number of benzene rings is 3. The third kappa shape index (κ3) is 9.61. The topological polar surface area (TPSA) is 62.3 Å². The molecule has 1 aliphatic heterocycles. The van der Waals surface area contributed by atoms with E-state index in [0.29, 0.717) is 13.0 Å². The largest absolute Gasteiger partial charge is 0.494 e. The monoisotopic (exact) mass is 623 g/mol. The summed E-state index contributed by atoms with van der Waals surface area (Å²) in [7, 11) is 2.14. The zero-order chi connectivity index (χ0) is 32.5. The molecule has 5 rings (SSSR count). The maximum absolute atomic E-state index is 13.3. The molecule has 0 unspecified atom stereocenters. The van der Waals surface area contributed by atoms with E-state index in [2.05, 4.69) is 65.4 Å². The number of unbranched alkanes of at least 4 members (excludes halogenated alkanes) is 2. The number of rotatable bonds is 13. The Morgan fingerprint density at radius 1 is 0.870 bits per heavy atom. The zero-order valence-corrected chi connectivity index (χ0v) is 28.0. The van der Waals surface area contributed by atoms with Crippen LogP contribution in [0.2, 0.25) is 0 Å². The molecule has 0 radical (unpaired) electrons. The standard InChI is InChI=1S/C39H49N3O4/c1-39(2,3)38(44)46-42-22-20-41(21-23-42)19-9-6-10-24-45-35-18-17-33-26-34(37(43)36(33)27-35)25-30-13-15-32(16-14-30)29-40(4)28-31-11-7-5-8-12-31/h5,7-8,11-18,25,27H,6,9-10,19-24,26,28-29H2,1-4H3/b34-25+. The highest BCUT2D eigenvalue weighted by Crippen LogP contribution is 2.31. The maximum Gasteiger partial charge on any atom is 0.330 e. The highest BCUT2D eigenvalue weighted by Gasteiger charge is 2.28. The van der Waals surface area contributed by atoms with Gasteiger partial charge in [0.05, 0.1) is 12.0 Å². The molecule has 1 saturated heterocycles. The molecular weight excluding hydrogens is 574 g/mol. The SMILES string of the molecule is CN(Cc1ccccc1)Cc1ccc(/C=C2\Cc3ccc(OCCCCCN4CCN(OC(=O)C(C)(C)C)CC4)cc3C2=O)cc1. The summed E-state index contributed by atoms with van der Waals surface area (Å²) in [6.07, 6.45) is 5.84. The molecule has 7 heteroatoms. The molecular formula is C39H49N3O4. The van der Waals surface area contributed by atoms with Gasteiger partial charge in [-0.2, -0.15) is 0 Å². The third-order valence-electron chi connectivity index (χ3n) is 8.61. The number of hydroxylamine groups is 2. The summed E-state index contributed by atoms with van der Waals surface area (Å²) in [5.41, 5.74) is 5.78. The Hall–Kier alpha value is -3.78. The van der Waals surface area contributed by atoms with Crippen molar-refractivity contribution in [3.05, 3.63) is 106 Å². The van der Waals surface area contributed by atoms with Crippen LogP contribution >= 0.6 is 0 Å². The molecule has 3 aromatic carbocycles. The van der Waals surface area contributed by atoms with Crippen molar-refractivity contribution in [3.8, 4) is 5.75 Å². The lowest BCUT2D eigenvalue weighted by atomic mass is 9.98. The number of ketones is 1. The van der Waals surface area contributed by atoms with E-state index in [1.807, 2.05) is 51.1 Å². The second-order valence-electron chi connectivity index (χ2n) is 13.7. The molecule has 46 heavy (non-hydrogen) atoms. The summed E-state index contributed by atoms with van der Waals surface area (Å²) in [4.78, 5) is 35.6. The molecule has 244 valence electrons. The second kappa shape index (κ2) is 15.7. The van der Waals surface area contributed by atoms with Crippen molar-refractivity contribution in [2.24, 2.45) is 5.41 Å². The van der Waals surface area contributed by atoms with Gasteiger partial charge >= 0.3 is 5.97 Å². The Morgan fingerprint density at radius 2 is 1.57 bits per heavy atom. The fraction of sp³-hybridized carbons (Fsp3) is 0.436. The summed E-state index contributed by atoms with van der Waals surface area (Å²) >= 11 is 0. The van der Waals surface area contributed by atoms with Crippen LogP contribution in [0, 0.1) is 5.41 Å². The predicted molar refractivity (Wildman–Crippen MR) is 183 cm³/mol. The molecule has 0 atom stereocenters. The van der Waals surface area contributed by atoms with E-state index in [0.717, 1.165) is 93.1 Å². The first kappa shape index (κ1) is 33.6.